The lowest BCUT2D eigenvalue weighted by molar-refractivity contribution is 0.236. The molecule has 116 valence electrons. The zero-order chi connectivity index (χ0) is 15.8. The van der Waals surface area contributed by atoms with Gasteiger partial charge in [-0.1, -0.05) is 35.9 Å². The van der Waals surface area contributed by atoms with E-state index in [2.05, 4.69) is 10.6 Å². The summed E-state index contributed by atoms with van der Waals surface area (Å²) in [5, 5.41) is 5.95. The number of nitrogens with one attached hydrogen (secondary N) is 2. The highest BCUT2D eigenvalue weighted by Crippen LogP contribution is 2.14. The maximum Gasteiger partial charge on any atom is 0.315 e. The largest absolute Gasteiger partial charge is 0.492 e. The number of benzene rings is 2. The van der Waals surface area contributed by atoms with Gasteiger partial charge in [-0.2, -0.15) is 0 Å². The lowest BCUT2D eigenvalue weighted by Crippen LogP contribution is -2.37. The second kappa shape index (κ2) is 8.24. The fraction of sp³-hybridized carbons (Fsp3) is 0.188. The monoisotopic (exact) mass is 322 g/mol. The molecule has 2 aromatic carbocycles. The van der Waals surface area contributed by atoms with Gasteiger partial charge in [0, 0.05) is 17.6 Å². The van der Waals surface area contributed by atoms with Gasteiger partial charge < -0.3 is 15.4 Å². The van der Waals surface area contributed by atoms with Crippen molar-refractivity contribution in [3.63, 3.8) is 0 Å². The van der Waals surface area contributed by atoms with Crippen molar-refractivity contribution in [1.29, 1.82) is 0 Å². The summed E-state index contributed by atoms with van der Waals surface area (Å²) in [6, 6.07) is 12.8. The molecule has 0 aromatic heterocycles. The van der Waals surface area contributed by atoms with Gasteiger partial charge in [-0.15, -0.1) is 0 Å². The molecular weight excluding hydrogens is 307 g/mol. The maximum absolute atomic E-state index is 12.9. The minimum atomic E-state index is -0.358. The van der Waals surface area contributed by atoms with Crippen molar-refractivity contribution in [2.75, 3.05) is 13.2 Å². The molecule has 2 amide bonds. The summed E-state index contributed by atoms with van der Waals surface area (Å²) in [5.74, 6) is 0.0706. The molecule has 0 saturated heterocycles. The van der Waals surface area contributed by atoms with Crippen LogP contribution in [-0.4, -0.2) is 19.2 Å². The molecule has 0 heterocycles. The number of hydrogen-bond acceptors (Lipinski definition) is 2. The average molecular weight is 323 g/mol. The molecule has 2 aromatic rings. The first kappa shape index (κ1) is 16.1. The lowest BCUT2D eigenvalue weighted by Gasteiger charge is -2.10. The average Bonchev–Trinajstić information content (AvgIpc) is 2.51. The summed E-state index contributed by atoms with van der Waals surface area (Å²) in [4.78, 5) is 11.6. The molecule has 22 heavy (non-hydrogen) atoms. The Bertz CT molecular complexity index is 637. The maximum atomic E-state index is 12.9. The molecule has 6 heteroatoms. The van der Waals surface area contributed by atoms with Crippen LogP contribution in [0.2, 0.25) is 5.02 Å². The van der Waals surface area contributed by atoms with Crippen molar-refractivity contribution in [2.45, 2.75) is 6.54 Å². The summed E-state index contributed by atoms with van der Waals surface area (Å²) in [6.07, 6.45) is 0. The van der Waals surface area contributed by atoms with Gasteiger partial charge in [-0.3, -0.25) is 0 Å². The first-order valence-electron chi connectivity index (χ1n) is 6.78. The van der Waals surface area contributed by atoms with Gasteiger partial charge in [0.15, 0.2) is 0 Å². The minimum absolute atomic E-state index is 0.253. The van der Waals surface area contributed by atoms with Crippen LogP contribution in [0.4, 0.5) is 9.18 Å². The molecule has 0 atom stereocenters. The van der Waals surface area contributed by atoms with Crippen LogP contribution >= 0.6 is 11.6 Å². The summed E-state index contributed by atoms with van der Waals surface area (Å²) in [6.45, 7) is 0.907. The van der Waals surface area contributed by atoms with E-state index in [0.717, 1.165) is 5.56 Å². The second-order valence-corrected chi connectivity index (χ2v) is 4.91. The third-order valence-corrected chi connectivity index (χ3v) is 3.22. The first-order chi connectivity index (χ1) is 10.6. The van der Waals surface area contributed by atoms with Crippen molar-refractivity contribution in [3.05, 3.63) is 64.9 Å². The molecule has 0 aliphatic carbocycles. The van der Waals surface area contributed by atoms with Crippen LogP contribution < -0.4 is 15.4 Å². The van der Waals surface area contributed by atoms with Gasteiger partial charge in [0.2, 0.25) is 0 Å². The van der Waals surface area contributed by atoms with Crippen LogP contribution in [0, 0.1) is 5.82 Å². The molecule has 2 rings (SSSR count). The van der Waals surface area contributed by atoms with Gasteiger partial charge >= 0.3 is 6.03 Å². The van der Waals surface area contributed by atoms with E-state index < -0.39 is 0 Å². The van der Waals surface area contributed by atoms with Gasteiger partial charge in [-0.25, -0.2) is 9.18 Å². The predicted octanol–water partition coefficient (Wildman–Crippen LogP) is 3.36. The molecule has 0 fully saturated rings. The third kappa shape index (κ3) is 5.26. The number of halogens is 2. The quantitative estimate of drug-likeness (QED) is 0.801. The Hall–Kier alpha value is -2.27. The summed E-state index contributed by atoms with van der Waals surface area (Å²) >= 11 is 5.99. The van der Waals surface area contributed by atoms with Crippen molar-refractivity contribution in [2.24, 2.45) is 0 Å². The minimum Gasteiger partial charge on any atom is -0.492 e. The summed E-state index contributed by atoms with van der Waals surface area (Å²) < 4.78 is 18.2. The van der Waals surface area contributed by atoms with E-state index in [1.54, 1.807) is 18.2 Å². The van der Waals surface area contributed by atoms with E-state index >= 15 is 0 Å². The third-order valence-electron chi connectivity index (χ3n) is 2.85. The summed E-state index contributed by atoms with van der Waals surface area (Å²) in [7, 11) is 0. The van der Waals surface area contributed by atoms with Crippen LogP contribution in [0.3, 0.4) is 0 Å². The summed E-state index contributed by atoms with van der Waals surface area (Å²) in [5.41, 5.74) is 0.843. The number of ether oxygens (including phenoxy) is 1. The Morgan fingerprint density at radius 1 is 1.14 bits per heavy atom. The van der Waals surface area contributed by atoms with Crippen molar-refractivity contribution < 1.29 is 13.9 Å². The normalized spacial score (nSPS) is 10.1. The molecule has 0 aliphatic heterocycles. The van der Waals surface area contributed by atoms with E-state index in [1.807, 2.05) is 18.2 Å². The number of rotatable bonds is 6. The molecule has 0 spiro atoms. The molecule has 4 nitrogen and oxygen atoms in total. The Morgan fingerprint density at radius 3 is 2.73 bits per heavy atom. The zero-order valence-corrected chi connectivity index (χ0v) is 12.6. The fourth-order valence-corrected chi connectivity index (χ4v) is 1.97. The number of urea groups is 1. The SMILES string of the molecule is O=C(NCCOc1cccc(F)c1)NCc1ccccc1Cl. The topological polar surface area (TPSA) is 50.4 Å². The molecule has 0 radical (unpaired) electrons. The van der Waals surface area contributed by atoms with Gasteiger partial charge in [-0.05, 0) is 23.8 Å². The van der Waals surface area contributed by atoms with Crippen LogP contribution in [-0.2, 0) is 6.54 Å². The van der Waals surface area contributed by atoms with Crippen molar-refractivity contribution >= 4 is 17.6 Å². The van der Waals surface area contributed by atoms with Crippen molar-refractivity contribution in [1.82, 2.24) is 10.6 Å². The highest BCUT2D eigenvalue weighted by Gasteiger charge is 2.03. The van der Waals surface area contributed by atoms with E-state index in [1.165, 1.54) is 12.1 Å². The van der Waals surface area contributed by atoms with Gasteiger partial charge in [0.25, 0.3) is 0 Å². The number of carbonyl (C=O) groups excluding carboxylic acids is 1. The van der Waals surface area contributed by atoms with Crippen LogP contribution in [0.1, 0.15) is 5.56 Å². The molecular formula is C16H16ClFN2O2. The van der Waals surface area contributed by atoms with Crippen LogP contribution in [0.15, 0.2) is 48.5 Å². The van der Waals surface area contributed by atoms with E-state index in [4.69, 9.17) is 16.3 Å². The van der Waals surface area contributed by atoms with E-state index in [9.17, 15) is 9.18 Å². The first-order valence-corrected chi connectivity index (χ1v) is 7.16. The highest BCUT2D eigenvalue weighted by atomic mass is 35.5. The van der Waals surface area contributed by atoms with Crippen molar-refractivity contribution in [3.8, 4) is 5.75 Å². The number of amides is 2. The molecule has 0 unspecified atom stereocenters. The standard InChI is InChI=1S/C16H16ClFN2O2/c17-15-7-2-1-4-12(15)11-20-16(21)19-8-9-22-14-6-3-5-13(18)10-14/h1-7,10H,8-9,11H2,(H2,19,20,21). The Labute approximate surface area is 133 Å². The second-order valence-electron chi connectivity index (χ2n) is 4.51. The molecule has 0 saturated carbocycles. The number of carbonyl (C=O) groups is 1. The van der Waals surface area contributed by atoms with E-state index in [-0.39, 0.29) is 18.5 Å². The lowest BCUT2D eigenvalue weighted by atomic mass is 10.2. The van der Waals surface area contributed by atoms with E-state index in [0.29, 0.717) is 23.9 Å². The Morgan fingerprint density at radius 2 is 1.95 bits per heavy atom. The van der Waals surface area contributed by atoms with Crippen LogP contribution in [0.5, 0.6) is 5.75 Å². The smallest absolute Gasteiger partial charge is 0.315 e. The molecule has 2 N–H and O–H groups in total. The molecule has 0 bridgehead atoms. The highest BCUT2D eigenvalue weighted by molar-refractivity contribution is 6.31. The predicted molar refractivity (Wildman–Crippen MR) is 83.6 cm³/mol. The van der Waals surface area contributed by atoms with Crippen LogP contribution in [0.25, 0.3) is 0 Å². The zero-order valence-electron chi connectivity index (χ0n) is 11.8. The van der Waals surface area contributed by atoms with Gasteiger partial charge in [0.1, 0.15) is 18.2 Å². The Balaban J connectivity index is 1.65. The number of hydrogen-bond donors (Lipinski definition) is 2. The fourth-order valence-electron chi connectivity index (χ4n) is 1.77. The van der Waals surface area contributed by atoms with Gasteiger partial charge in [0.05, 0.1) is 6.54 Å². The molecule has 0 aliphatic rings. The Kier molecular flexibility index (Phi) is 6.03.